The minimum atomic E-state index is -3.00. The Morgan fingerprint density at radius 2 is 0.853 bits per heavy atom. The van der Waals surface area contributed by atoms with E-state index in [0.717, 1.165) is 43.1 Å². The molecule has 1 aromatic heterocycles. The number of benzene rings is 1. The summed E-state index contributed by atoms with van der Waals surface area (Å²) in [7, 11) is -3.00. The molecule has 1 aromatic carbocycles. The highest BCUT2D eigenvalue weighted by Crippen LogP contribution is 2.40. The quantitative estimate of drug-likeness (QED) is 0.0273. The fourth-order valence-corrected chi connectivity index (χ4v) is 13.0. The highest BCUT2D eigenvalue weighted by atomic mass is 31.1. The number of aromatic nitrogens is 2. The standard InChI is InChI=1S/C78H135N2O14P/c1-5-8-11-14-17-20-23-26-29-32-35-38-41-44-47-50-57-88-70-61-67(68(81)54-53-60-90-74(82)55-56-75(83)94-69-63-73(93-72(69)65-92-95(86)87)80-64-66(4)77(84)79-78(80)85)62-71(89-58-51-48-45-42-39-36-33-30-27-24-21-18-15-12-9-6-2)76(70)91-59-52-49-46-43-40-37-34-31-28-25-22-19-16-13-10-7-3/h61-62,64,69,72-73H,5-60,63,65H2,1-4H3,(H-,79,84,85,86,87)/p+1/t69?,72-,73-/m1/s1. The Morgan fingerprint density at radius 3 is 1.23 bits per heavy atom. The molecule has 0 amide bonds. The Bertz CT molecular complexity index is 2320. The lowest BCUT2D eigenvalue weighted by atomic mass is 10.0. The number of hydrogen-bond acceptors (Lipinski definition) is 13. The van der Waals surface area contributed by atoms with Crippen molar-refractivity contribution in [1.29, 1.82) is 0 Å². The number of aryl methyl sites for hydroxylation is 1. The van der Waals surface area contributed by atoms with Crippen molar-refractivity contribution >= 4 is 26.0 Å². The first-order valence-electron chi connectivity index (χ1n) is 39.2. The first-order valence-corrected chi connectivity index (χ1v) is 40.3. The number of H-pyrrole nitrogens is 1. The number of Topliss-reactive ketones (excluding diaryl/α,β-unsaturated/α-hetero) is 1. The molecular formula is C78H136N2O14P+. The van der Waals surface area contributed by atoms with E-state index < -0.39 is 56.5 Å². The Kier molecular flexibility index (Phi) is 52.7. The summed E-state index contributed by atoms with van der Waals surface area (Å²) in [5.41, 5.74) is -0.593. The summed E-state index contributed by atoms with van der Waals surface area (Å²) >= 11 is 0. The van der Waals surface area contributed by atoms with Crippen LogP contribution in [0.15, 0.2) is 27.9 Å². The summed E-state index contributed by atoms with van der Waals surface area (Å²) < 4.78 is 54.2. The van der Waals surface area contributed by atoms with Crippen molar-refractivity contribution in [2.75, 3.05) is 33.0 Å². The molecule has 0 saturated carbocycles. The highest BCUT2D eigenvalue weighted by molar-refractivity contribution is 7.32. The van der Waals surface area contributed by atoms with E-state index >= 15 is 0 Å². The lowest BCUT2D eigenvalue weighted by Crippen LogP contribution is -2.33. The second-order valence-electron chi connectivity index (χ2n) is 27.4. The molecule has 1 aliphatic heterocycles. The average Bonchev–Trinajstić information content (AvgIpc) is 1.82. The van der Waals surface area contributed by atoms with Gasteiger partial charge in [-0.3, -0.25) is 28.7 Å². The zero-order valence-electron chi connectivity index (χ0n) is 60.6. The van der Waals surface area contributed by atoms with Gasteiger partial charge >= 0.3 is 25.9 Å². The van der Waals surface area contributed by atoms with Gasteiger partial charge in [0.05, 0.1) is 39.3 Å². The fraction of sp³-hybridized carbons (Fsp3) is 0.833. The summed E-state index contributed by atoms with van der Waals surface area (Å²) in [6.45, 7) is 9.42. The van der Waals surface area contributed by atoms with Gasteiger partial charge in [-0.25, -0.2) is 4.79 Å². The van der Waals surface area contributed by atoms with Gasteiger partial charge in [-0.05, 0) is 44.7 Å². The van der Waals surface area contributed by atoms with Crippen LogP contribution in [-0.4, -0.2) is 77.4 Å². The van der Waals surface area contributed by atoms with Gasteiger partial charge in [-0.2, -0.15) is 0 Å². The van der Waals surface area contributed by atoms with Gasteiger partial charge in [0, 0.05) is 34.7 Å². The molecule has 0 radical (unpaired) electrons. The predicted molar refractivity (Wildman–Crippen MR) is 386 cm³/mol. The molecule has 2 heterocycles. The number of nitrogens with zero attached hydrogens (tertiary/aromatic N) is 1. The van der Waals surface area contributed by atoms with Crippen LogP contribution in [0.5, 0.6) is 17.2 Å². The summed E-state index contributed by atoms with van der Waals surface area (Å²) in [6, 6.07) is 3.60. The molecule has 0 spiro atoms. The number of ether oxygens (including phenoxy) is 6. The maximum absolute atomic E-state index is 14.1. The molecule has 546 valence electrons. The number of carbonyl (C=O) groups is 3. The molecule has 1 saturated heterocycles. The van der Waals surface area contributed by atoms with Crippen LogP contribution in [0.25, 0.3) is 0 Å². The van der Waals surface area contributed by atoms with Crippen LogP contribution in [0.1, 0.15) is 383 Å². The summed E-state index contributed by atoms with van der Waals surface area (Å²) in [5.74, 6) is 0.0611. The lowest BCUT2D eigenvalue weighted by Gasteiger charge is -2.19. The molecule has 2 N–H and O–H groups in total. The molecule has 2 unspecified atom stereocenters. The molecule has 4 atom stereocenters. The summed E-state index contributed by atoms with van der Waals surface area (Å²) in [4.78, 5) is 76.2. The van der Waals surface area contributed by atoms with Crippen LogP contribution in [0.2, 0.25) is 0 Å². The van der Waals surface area contributed by atoms with Crippen molar-refractivity contribution in [3.63, 3.8) is 0 Å². The van der Waals surface area contributed by atoms with Gasteiger partial charge in [0.25, 0.3) is 5.56 Å². The van der Waals surface area contributed by atoms with Crippen LogP contribution in [0.4, 0.5) is 0 Å². The van der Waals surface area contributed by atoms with E-state index in [0.29, 0.717) is 42.6 Å². The number of hydrogen-bond donors (Lipinski definition) is 2. The minimum absolute atomic E-state index is 0.0262. The number of carbonyl (C=O) groups excluding carboxylic acids is 3. The maximum Gasteiger partial charge on any atom is 0.694 e. The largest absolute Gasteiger partial charge is 0.694 e. The molecule has 0 bridgehead atoms. The van der Waals surface area contributed by atoms with E-state index in [4.69, 9.17) is 32.9 Å². The fourth-order valence-electron chi connectivity index (χ4n) is 12.7. The normalized spacial score (nSPS) is 14.7. The Hall–Kier alpha value is -4.11. The Labute approximate surface area is 576 Å². The van der Waals surface area contributed by atoms with E-state index in [1.54, 1.807) is 12.1 Å². The molecule has 17 heteroatoms. The summed E-state index contributed by atoms with van der Waals surface area (Å²) in [5, 5.41) is 0. The Balaban J connectivity index is 1.59. The zero-order chi connectivity index (χ0) is 68.5. The van der Waals surface area contributed by atoms with Crippen molar-refractivity contribution < 1.29 is 56.8 Å². The minimum Gasteiger partial charge on any atom is -0.490 e. The maximum atomic E-state index is 14.1. The lowest BCUT2D eigenvalue weighted by molar-refractivity contribution is -0.156. The molecule has 2 aromatic rings. The number of ketones is 1. The number of rotatable bonds is 67. The molecule has 1 aliphatic rings. The molecule has 0 aliphatic carbocycles. The first-order chi connectivity index (χ1) is 46.5. The number of nitrogens with one attached hydrogen (secondary N) is 1. The molecule has 95 heavy (non-hydrogen) atoms. The average molecular weight is 1360 g/mol. The van der Waals surface area contributed by atoms with Crippen molar-refractivity contribution in [3.8, 4) is 17.2 Å². The van der Waals surface area contributed by atoms with Crippen molar-refractivity contribution in [2.45, 2.75) is 386 Å². The highest BCUT2D eigenvalue weighted by Gasteiger charge is 2.41. The third kappa shape index (κ3) is 43.8. The van der Waals surface area contributed by atoms with Gasteiger partial charge in [0.2, 0.25) is 5.75 Å². The van der Waals surface area contributed by atoms with E-state index in [-0.39, 0.29) is 50.1 Å². The van der Waals surface area contributed by atoms with Crippen molar-refractivity contribution in [1.82, 2.24) is 9.55 Å². The molecule has 1 fully saturated rings. The predicted octanol–water partition coefficient (Wildman–Crippen LogP) is 21.6. The van der Waals surface area contributed by atoms with Crippen molar-refractivity contribution in [2.24, 2.45) is 0 Å². The van der Waals surface area contributed by atoms with E-state index in [1.165, 1.54) is 283 Å². The van der Waals surface area contributed by atoms with Crippen LogP contribution < -0.4 is 25.5 Å². The van der Waals surface area contributed by atoms with E-state index in [1.807, 2.05) is 0 Å². The Morgan fingerprint density at radius 1 is 0.495 bits per heavy atom. The second-order valence-corrected chi connectivity index (χ2v) is 28.1. The van der Waals surface area contributed by atoms with Crippen molar-refractivity contribution in [3.05, 3.63) is 50.3 Å². The van der Waals surface area contributed by atoms with Crippen LogP contribution in [0, 0.1) is 6.92 Å². The third-order valence-corrected chi connectivity index (χ3v) is 19.1. The summed E-state index contributed by atoms with van der Waals surface area (Å²) in [6.07, 6.45) is 59.9. The van der Waals surface area contributed by atoms with Gasteiger partial charge in [0.1, 0.15) is 25.0 Å². The zero-order valence-corrected chi connectivity index (χ0v) is 61.5. The SMILES string of the molecule is CCCCCCCCCCCCCCCCCCOc1cc(C(=O)CCCOC(=O)CCC(=O)OC2C[C@H](n3cc(C)c(=O)[nH]c3=O)O[C@@H]2CO[P+](=O)O)cc(OCCCCCCCCCCCCCCCCCC)c1OCCCCCCCCCCCCCCCCCC. The number of unbranched alkanes of at least 4 members (excludes halogenated alkanes) is 45. The third-order valence-electron chi connectivity index (χ3n) is 18.7. The smallest absolute Gasteiger partial charge is 0.490 e. The van der Waals surface area contributed by atoms with Gasteiger partial charge in [0.15, 0.2) is 17.3 Å². The number of esters is 2. The van der Waals surface area contributed by atoms with Crippen LogP contribution in [0.3, 0.4) is 0 Å². The monoisotopic (exact) mass is 1360 g/mol. The van der Waals surface area contributed by atoms with Gasteiger partial charge in [-0.15, -0.1) is 9.42 Å². The topological polar surface area (TPSA) is 208 Å². The van der Waals surface area contributed by atoms with E-state index in [9.17, 15) is 33.4 Å². The van der Waals surface area contributed by atoms with Gasteiger partial charge in [-0.1, -0.05) is 310 Å². The molecular weight excluding hydrogens is 1220 g/mol. The van der Waals surface area contributed by atoms with Crippen LogP contribution in [-0.2, 0) is 32.9 Å². The number of aromatic amines is 1. The first kappa shape index (κ1) is 85.1. The van der Waals surface area contributed by atoms with Gasteiger partial charge < -0.3 is 28.4 Å². The van der Waals surface area contributed by atoms with Crippen LogP contribution >= 0.6 is 8.25 Å². The second kappa shape index (κ2) is 58.8. The molecule has 3 rings (SSSR count). The van der Waals surface area contributed by atoms with E-state index in [2.05, 4.69) is 25.8 Å². The molecule has 16 nitrogen and oxygen atoms in total.